The zero-order chi connectivity index (χ0) is 19.4. The minimum absolute atomic E-state index is 0.0125. The lowest BCUT2D eigenvalue weighted by atomic mass is 10.0. The first-order valence-electron chi connectivity index (χ1n) is 7.85. The highest BCUT2D eigenvalue weighted by atomic mass is 32.3. The molecule has 0 bridgehead atoms. The summed E-state index contributed by atoms with van der Waals surface area (Å²) in [5, 5.41) is 0. The molecule has 140 valence electrons. The largest absolute Gasteiger partial charge is 0.489 e. The number of hydrogen-bond donors (Lipinski definition) is 0. The molecule has 0 amide bonds. The van der Waals surface area contributed by atoms with Gasteiger partial charge in [-0.25, -0.2) is 14.4 Å². The molecule has 0 saturated carbocycles. The highest BCUT2D eigenvalue weighted by Gasteiger charge is 2.11. The highest BCUT2D eigenvalue weighted by Crippen LogP contribution is 2.26. The average molecular weight is 390 g/mol. The number of aryl methyl sites for hydroxylation is 1. The van der Waals surface area contributed by atoms with Crippen molar-refractivity contribution in [3.63, 3.8) is 0 Å². The molecule has 8 heteroatoms. The van der Waals surface area contributed by atoms with Crippen LogP contribution in [0.1, 0.15) is 11.1 Å². The Balaban J connectivity index is 1.73. The zero-order valence-electron chi connectivity index (χ0n) is 14.4. The van der Waals surface area contributed by atoms with Gasteiger partial charge in [-0.15, -0.1) is 3.89 Å². The summed E-state index contributed by atoms with van der Waals surface area (Å²) in [4.78, 5) is 7.87. The molecule has 0 radical (unpaired) electrons. The van der Waals surface area contributed by atoms with E-state index in [0.29, 0.717) is 16.9 Å². The molecule has 0 aliphatic carbocycles. The topological polar surface area (TPSA) is 61.3 Å². The van der Waals surface area contributed by atoms with Crippen LogP contribution in [0.4, 0.5) is 8.28 Å². The summed E-state index contributed by atoms with van der Waals surface area (Å²) in [5.41, 5.74) is 2.54. The molecule has 1 aromatic heterocycles. The van der Waals surface area contributed by atoms with E-state index in [4.69, 9.17) is 4.74 Å². The lowest BCUT2D eigenvalue weighted by Gasteiger charge is -2.12. The number of nitrogens with zero attached hydrogens (tertiary/aromatic N) is 2. The lowest BCUT2D eigenvalue weighted by molar-refractivity contribution is 0.298. The van der Waals surface area contributed by atoms with Crippen molar-refractivity contribution >= 4 is 16.1 Å². The zero-order valence-corrected chi connectivity index (χ0v) is 15.2. The minimum atomic E-state index is -4.08. The Labute approximate surface area is 156 Å². The Morgan fingerprint density at radius 3 is 2.30 bits per heavy atom. The van der Waals surface area contributed by atoms with E-state index < -0.39 is 16.0 Å². The van der Waals surface area contributed by atoms with Crippen molar-refractivity contribution in [1.82, 2.24) is 9.97 Å². The minimum Gasteiger partial charge on any atom is -0.489 e. The van der Waals surface area contributed by atoms with Crippen LogP contribution in [0.5, 0.6) is 11.5 Å². The van der Waals surface area contributed by atoms with E-state index in [0.717, 1.165) is 11.1 Å². The van der Waals surface area contributed by atoms with E-state index in [2.05, 4.69) is 20.0 Å². The van der Waals surface area contributed by atoms with E-state index >= 15 is 0 Å². The van der Waals surface area contributed by atoms with Crippen molar-refractivity contribution in [3.05, 3.63) is 72.1 Å². The van der Waals surface area contributed by atoms with Crippen LogP contribution in [0.3, 0.4) is 0 Å². The Hall–Kier alpha value is -3.00. The van der Waals surface area contributed by atoms with Crippen molar-refractivity contribution in [1.29, 1.82) is 0 Å². The average Bonchev–Trinajstić information content (AvgIpc) is 2.62. The molecule has 1 heterocycles. The monoisotopic (exact) mass is 390 g/mol. The molecule has 0 N–H and O–H groups in total. The molecule has 0 aliphatic rings. The smallest absolute Gasteiger partial charge is 0.279 e. The Morgan fingerprint density at radius 2 is 1.70 bits per heavy atom. The van der Waals surface area contributed by atoms with Gasteiger partial charge in [-0.2, -0.15) is 4.21 Å². The molecule has 2 aromatic carbocycles. The predicted molar refractivity (Wildman–Crippen MR) is 99.9 cm³/mol. The Morgan fingerprint density at radius 1 is 1.07 bits per heavy atom. The van der Waals surface area contributed by atoms with Crippen molar-refractivity contribution in [2.75, 3.05) is 0 Å². The second kappa shape index (κ2) is 7.71. The summed E-state index contributed by atoms with van der Waals surface area (Å²) in [6, 6.07) is 9.03. The van der Waals surface area contributed by atoms with Crippen molar-refractivity contribution in [2.24, 2.45) is 0 Å². The summed E-state index contributed by atoms with van der Waals surface area (Å²) < 4.78 is 48.4. The van der Waals surface area contributed by atoms with Gasteiger partial charge in [-0.1, -0.05) is 6.07 Å². The normalized spacial score (nSPS) is 13.0. The standard InChI is InChI=1S/C19H16F2N2O3S/c1-13-7-14(15-9-22-12-23-10-15)8-19(20)18(13)11-25-16-3-5-17(6-4-16)26-27(2,21)24/h3-10,12H,2,11H2,1H3. The number of ether oxygens (including phenoxy) is 1. The Kier molecular flexibility index (Phi) is 5.36. The maximum Gasteiger partial charge on any atom is 0.279 e. The molecular weight excluding hydrogens is 374 g/mol. The number of hydrogen-bond acceptors (Lipinski definition) is 5. The van der Waals surface area contributed by atoms with Crippen molar-refractivity contribution in [3.8, 4) is 22.6 Å². The number of benzene rings is 2. The van der Waals surface area contributed by atoms with E-state index in [1.165, 1.54) is 36.7 Å². The summed E-state index contributed by atoms with van der Waals surface area (Å²) in [6.45, 7) is 1.80. The van der Waals surface area contributed by atoms with Crippen molar-refractivity contribution < 1.29 is 21.4 Å². The number of rotatable bonds is 6. The van der Waals surface area contributed by atoms with Crippen LogP contribution >= 0.6 is 0 Å². The number of aromatic nitrogens is 2. The quantitative estimate of drug-likeness (QED) is 0.469. The van der Waals surface area contributed by atoms with Crippen LogP contribution in [0.15, 0.2) is 55.1 Å². The molecule has 27 heavy (non-hydrogen) atoms. The maximum absolute atomic E-state index is 14.5. The highest BCUT2D eigenvalue weighted by molar-refractivity contribution is 7.91. The van der Waals surface area contributed by atoms with Crippen molar-refractivity contribution in [2.45, 2.75) is 13.5 Å². The van der Waals surface area contributed by atoms with Gasteiger partial charge in [-0.05, 0) is 48.4 Å². The van der Waals surface area contributed by atoms with Gasteiger partial charge < -0.3 is 8.92 Å². The molecule has 1 atom stereocenters. The van der Waals surface area contributed by atoms with Gasteiger partial charge in [0.15, 0.2) is 0 Å². The van der Waals surface area contributed by atoms with E-state index in [9.17, 15) is 12.5 Å². The molecule has 3 aromatic rings. The van der Waals surface area contributed by atoms with Crippen LogP contribution < -0.4 is 8.92 Å². The van der Waals surface area contributed by atoms with Gasteiger partial charge in [0.25, 0.3) is 10.2 Å². The van der Waals surface area contributed by atoms with Gasteiger partial charge in [-0.3, -0.25) is 0 Å². The van der Waals surface area contributed by atoms with Crippen LogP contribution in [-0.2, 0) is 16.8 Å². The molecular formula is C19H16F2N2O3S. The molecule has 3 rings (SSSR count). The third-order valence-electron chi connectivity index (χ3n) is 3.74. The van der Waals surface area contributed by atoms with Gasteiger partial charge in [0.2, 0.25) is 0 Å². The lowest BCUT2D eigenvalue weighted by Crippen LogP contribution is -2.03. The first-order valence-corrected chi connectivity index (χ1v) is 9.40. The van der Waals surface area contributed by atoms with Gasteiger partial charge in [0.05, 0.1) is 0 Å². The van der Waals surface area contributed by atoms with E-state index in [1.54, 1.807) is 19.3 Å². The molecule has 5 nitrogen and oxygen atoms in total. The van der Waals surface area contributed by atoms with E-state index in [-0.39, 0.29) is 12.4 Å². The summed E-state index contributed by atoms with van der Waals surface area (Å²) in [6.07, 6.45) is 4.64. The first-order chi connectivity index (χ1) is 12.8. The first kappa shape index (κ1) is 18.8. The maximum atomic E-state index is 14.5. The summed E-state index contributed by atoms with van der Waals surface area (Å²) in [7, 11) is -4.08. The summed E-state index contributed by atoms with van der Waals surface area (Å²) in [5.74, 6) is 2.85. The van der Waals surface area contributed by atoms with E-state index in [1.807, 2.05) is 6.07 Å². The Bertz CT molecular complexity index is 1020. The fraction of sp³-hybridized carbons (Fsp3) is 0.105. The third-order valence-corrected chi connectivity index (χ3v) is 4.18. The molecule has 1 unspecified atom stereocenters. The molecule has 0 spiro atoms. The SMILES string of the molecule is C=S(=O)(F)Oc1ccc(OCc2c(C)cc(-c3cncnc3)cc2F)cc1. The van der Waals surface area contributed by atoms with Gasteiger partial charge in [0.1, 0.15) is 30.3 Å². The summed E-state index contributed by atoms with van der Waals surface area (Å²) >= 11 is 0. The van der Waals surface area contributed by atoms with Crippen LogP contribution in [0, 0.1) is 12.7 Å². The molecule has 0 saturated heterocycles. The fourth-order valence-electron chi connectivity index (χ4n) is 2.46. The number of halogens is 2. The fourth-order valence-corrected chi connectivity index (χ4v) is 2.86. The third kappa shape index (κ3) is 5.01. The van der Waals surface area contributed by atoms with Crippen LogP contribution in [0.25, 0.3) is 11.1 Å². The van der Waals surface area contributed by atoms with Gasteiger partial charge >= 0.3 is 0 Å². The van der Waals surface area contributed by atoms with Gasteiger partial charge in [0, 0.05) is 29.4 Å². The predicted octanol–water partition coefficient (Wildman–Crippen LogP) is 4.06. The second-order valence-electron chi connectivity index (χ2n) is 5.76. The van der Waals surface area contributed by atoms with Crippen LogP contribution in [-0.4, -0.2) is 20.0 Å². The van der Waals surface area contributed by atoms with Crippen LogP contribution in [0.2, 0.25) is 0 Å². The second-order valence-corrected chi connectivity index (χ2v) is 7.01. The molecule has 0 aliphatic heterocycles. The molecule has 0 fully saturated rings.